The molecule has 152 valence electrons. The third-order valence-corrected chi connectivity index (χ3v) is 6.09. The second-order valence-electron chi connectivity index (χ2n) is 7.56. The van der Waals surface area contributed by atoms with Crippen molar-refractivity contribution in [2.45, 2.75) is 18.9 Å². The molecule has 5 rings (SSSR count). The van der Waals surface area contributed by atoms with Gasteiger partial charge in [-0.15, -0.1) is 0 Å². The molecule has 2 aromatic carbocycles. The average Bonchev–Trinajstić information content (AvgIpc) is 3.21. The first kappa shape index (κ1) is 18.2. The van der Waals surface area contributed by atoms with Crippen LogP contribution < -0.4 is 9.64 Å². The number of nitro groups is 1. The van der Waals surface area contributed by atoms with E-state index in [-0.39, 0.29) is 11.6 Å². The molecule has 9 heteroatoms. The molecule has 0 aliphatic carbocycles. The molecule has 0 saturated carbocycles. The number of amides is 3. The molecule has 0 bridgehead atoms. The van der Waals surface area contributed by atoms with Gasteiger partial charge in [-0.25, -0.2) is 9.69 Å². The SMILES string of the molecule is COc1ccc2[nH]c3c(c2c1)CCN1C(=O)N(c2ccc([N+](=O)[O-])cc2)C(=O)C31C. The molecule has 0 spiro atoms. The molecular formula is C21H18N4O5. The summed E-state index contributed by atoms with van der Waals surface area (Å²) >= 11 is 0. The Morgan fingerprint density at radius 3 is 2.57 bits per heavy atom. The van der Waals surface area contributed by atoms with Gasteiger partial charge < -0.3 is 14.6 Å². The Labute approximate surface area is 171 Å². The standard InChI is InChI=1S/C21H18N4O5/c1-21-18-15(16-11-14(30-2)7-8-17(16)22-18)9-10-23(21)20(27)24(19(21)26)12-3-5-13(6-4-12)25(28)29/h3-8,11,22H,9-10H2,1-2H3. The van der Waals surface area contributed by atoms with Crippen molar-refractivity contribution in [2.24, 2.45) is 0 Å². The van der Waals surface area contributed by atoms with E-state index < -0.39 is 16.5 Å². The Morgan fingerprint density at radius 2 is 1.90 bits per heavy atom. The number of anilines is 1. The lowest BCUT2D eigenvalue weighted by molar-refractivity contribution is -0.384. The number of carbonyl (C=O) groups excluding carboxylic acids is 2. The van der Waals surface area contributed by atoms with Crippen molar-refractivity contribution in [1.29, 1.82) is 0 Å². The van der Waals surface area contributed by atoms with E-state index >= 15 is 0 Å². The van der Waals surface area contributed by atoms with Gasteiger partial charge in [-0.2, -0.15) is 0 Å². The number of aromatic amines is 1. The number of nitro benzene ring substituents is 1. The number of fused-ring (bicyclic) bond motifs is 5. The summed E-state index contributed by atoms with van der Waals surface area (Å²) in [6.45, 7) is 2.13. The quantitative estimate of drug-likeness (QED) is 0.408. The maximum absolute atomic E-state index is 13.5. The van der Waals surface area contributed by atoms with Crippen molar-refractivity contribution >= 4 is 34.2 Å². The summed E-state index contributed by atoms with van der Waals surface area (Å²) in [6, 6.07) is 10.7. The first-order chi connectivity index (χ1) is 14.4. The highest BCUT2D eigenvalue weighted by molar-refractivity contribution is 6.23. The number of H-pyrrole nitrogens is 1. The normalized spacial score (nSPS) is 20.5. The molecule has 0 radical (unpaired) electrons. The van der Waals surface area contributed by atoms with Crippen molar-refractivity contribution in [3.63, 3.8) is 0 Å². The molecule has 1 saturated heterocycles. The Bertz CT molecular complexity index is 1230. The Morgan fingerprint density at radius 1 is 1.17 bits per heavy atom. The van der Waals surface area contributed by atoms with Gasteiger partial charge in [0.1, 0.15) is 5.75 Å². The lowest BCUT2D eigenvalue weighted by Gasteiger charge is -2.35. The summed E-state index contributed by atoms with van der Waals surface area (Å²) in [5.74, 6) is 0.332. The minimum Gasteiger partial charge on any atom is -0.497 e. The fourth-order valence-electron chi connectivity index (χ4n) is 4.50. The number of imide groups is 1. The Kier molecular flexibility index (Phi) is 3.67. The number of ether oxygens (including phenoxy) is 1. The van der Waals surface area contributed by atoms with Gasteiger partial charge in [0.05, 0.1) is 23.4 Å². The smallest absolute Gasteiger partial charge is 0.332 e. The van der Waals surface area contributed by atoms with Gasteiger partial charge in [0.25, 0.3) is 11.6 Å². The fourth-order valence-corrected chi connectivity index (χ4v) is 4.50. The summed E-state index contributed by atoms with van der Waals surface area (Å²) < 4.78 is 5.33. The highest BCUT2D eigenvalue weighted by Gasteiger charge is 2.59. The summed E-state index contributed by atoms with van der Waals surface area (Å²) in [4.78, 5) is 43.1. The third kappa shape index (κ3) is 2.23. The van der Waals surface area contributed by atoms with Crippen LogP contribution in [-0.2, 0) is 16.8 Å². The molecule has 3 heterocycles. The van der Waals surface area contributed by atoms with Crippen molar-refractivity contribution in [3.8, 4) is 5.75 Å². The number of non-ortho nitro benzene ring substituents is 1. The largest absolute Gasteiger partial charge is 0.497 e. The Hall–Kier alpha value is -3.88. The van der Waals surface area contributed by atoms with Crippen molar-refractivity contribution in [3.05, 3.63) is 63.8 Å². The van der Waals surface area contributed by atoms with Crippen LogP contribution in [0.3, 0.4) is 0 Å². The summed E-state index contributed by atoms with van der Waals surface area (Å²) in [5.41, 5.74) is 1.59. The predicted molar refractivity (Wildman–Crippen MR) is 109 cm³/mol. The highest BCUT2D eigenvalue weighted by atomic mass is 16.6. The second kappa shape index (κ2) is 6.06. The number of benzene rings is 2. The average molecular weight is 406 g/mol. The summed E-state index contributed by atoms with van der Waals surface area (Å²) in [6.07, 6.45) is 0.602. The van der Waals surface area contributed by atoms with Gasteiger partial charge in [-0.05, 0) is 49.2 Å². The second-order valence-corrected chi connectivity index (χ2v) is 7.56. The van der Waals surface area contributed by atoms with Gasteiger partial charge >= 0.3 is 6.03 Å². The number of nitrogens with zero attached hydrogens (tertiary/aromatic N) is 3. The molecule has 1 unspecified atom stereocenters. The van der Waals surface area contributed by atoms with E-state index in [1.165, 1.54) is 24.3 Å². The number of hydrogen-bond acceptors (Lipinski definition) is 5. The van der Waals surface area contributed by atoms with Crippen LogP contribution in [-0.4, -0.2) is 40.4 Å². The number of hydrogen-bond donors (Lipinski definition) is 1. The van der Waals surface area contributed by atoms with E-state index in [9.17, 15) is 19.7 Å². The van der Waals surface area contributed by atoms with E-state index in [1.807, 2.05) is 18.2 Å². The lowest BCUT2D eigenvalue weighted by atomic mass is 9.87. The number of methoxy groups -OCH3 is 1. The number of carbonyl (C=O) groups is 2. The Balaban J connectivity index is 1.62. The van der Waals surface area contributed by atoms with E-state index in [1.54, 1.807) is 18.9 Å². The topological polar surface area (TPSA) is 109 Å². The third-order valence-electron chi connectivity index (χ3n) is 6.09. The van der Waals surface area contributed by atoms with E-state index in [2.05, 4.69) is 4.98 Å². The van der Waals surface area contributed by atoms with E-state index in [0.29, 0.717) is 24.3 Å². The fraction of sp³-hybridized carbons (Fsp3) is 0.238. The molecule has 3 aromatic rings. The molecule has 1 N–H and O–H groups in total. The number of aromatic nitrogens is 1. The van der Waals surface area contributed by atoms with Crippen LogP contribution in [0, 0.1) is 10.1 Å². The summed E-state index contributed by atoms with van der Waals surface area (Å²) in [5, 5.41) is 11.9. The minimum atomic E-state index is -1.18. The van der Waals surface area contributed by atoms with Crippen LogP contribution in [0.1, 0.15) is 18.2 Å². The van der Waals surface area contributed by atoms with Crippen molar-refractivity contribution < 1.29 is 19.2 Å². The molecule has 2 aliphatic rings. The first-order valence-electron chi connectivity index (χ1n) is 9.46. The zero-order valence-corrected chi connectivity index (χ0v) is 16.3. The highest BCUT2D eigenvalue weighted by Crippen LogP contribution is 2.45. The van der Waals surface area contributed by atoms with Crippen LogP contribution in [0.5, 0.6) is 5.75 Å². The molecule has 1 fully saturated rings. The predicted octanol–water partition coefficient (Wildman–Crippen LogP) is 3.32. The van der Waals surface area contributed by atoms with Crippen LogP contribution in [0.2, 0.25) is 0 Å². The minimum absolute atomic E-state index is 0.103. The van der Waals surface area contributed by atoms with Gasteiger partial charge in [-0.1, -0.05) is 0 Å². The molecule has 2 aliphatic heterocycles. The number of urea groups is 1. The zero-order valence-electron chi connectivity index (χ0n) is 16.3. The monoisotopic (exact) mass is 406 g/mol. The summed E-state index contributed by atoms with van der Waals surface area (Å²) in [7, 11) is 1.60. The molecule has 9 nitrogen and oxygen atoms in total. The molecule has 1 atom stereocenters. The van der Waals surface area contributed by atoms with E-state index in [0.717, 1.165) is 27.1 Å². The zero-order chi connectivity index (χ0) is 21.2. The number of rotatable bonds is 3. The maximum atomic E-state index is 13.5. The molecule has 3 amide bonds. The van der Waals surface area contributed by atoms with Gasteiger partial charge in [-0.3, -0.25) is 14.9 Å². The van der Waals surface area contributed by atoms with Crippen LogP contribution in [0.15, 0.2) is 42.5 Å². The van der Waals surface area contributed by atoms with Gasteiger partial charge in [0, 0.05) is 29.6 Å². The van der Waals surface area contributed by atoms with Gasteiger partial charge in [0.2, 0.25) is 0 Å². The van der Waals surface area contributed by atoms with Gasteiger partial charge in [0.15, 0.2) is 5.54 Å². The first-order valence-corrected chi connectivity index (χ1v) is 9.46. The van der Waals surface area contributed by atoms with Crippen LogP contribution >= 0.6 is 0 Å². The lowest BCUT2D eigenvalue weighted by Crippen LogP contribution is -2.49. The molecule has 30 heavy (non-hydrogen) atoms. The molecular weight excluding hydrogens is 388 g/mol. The van der Waals surface area contributed by atoms with E-state index in [4.69, 9.17) is 4.74 Å². The van der Waals surface area contributed by atoms with Crippen molar-refractivity contribution in [2.75, 3.05) is 18.6 Å². The van der Waals surface area contributed by atoms with Crippen molar-refractivity contribution in [1.82, 2.24) is 9.88 Å². The number of nitrogens with one attached hydrogen (secondary N) is 1. The maximum Gasteiger partial charge on any atom is 0.332 e. The van der Waals surface area contributed by atoms with Crippen LogP contribution in [0.25, 0.3) is 10.9 Å². The van der Waals surface area contributed by atoms with Crippen LogP contribution in [0.4, 0.5) is 16.2 Å². The molecule has 1 aromatic heterocycles.